The van der Waals surface area contributed by atoms with E-state index in [9.17, 15) is 23.1 Å². The van der Waals surface area contributed by atoms with E-state index in [1.807, 2.05) is 0 Å². The fraction of sp³-hybridized carbons (Fsp3) is 0.438. The normalized spacial score (nSPS) is 17.8. The maximum atomic E-state index is 12.5. The van der Waals surface area contributed by atoms with Gasteiger partial charge in [0.2, 0.25) is 0 Å². The summed E-state index contributed by atoms with van der Waals surface area (Å²) in [6, 6.07) is 3.64. The van der Waals surface area contributed by atoms with Gasteiger partial charge in [0.05, 0.1) is 18.7 Å². The molecule has 0 saturated carbocycles. The molecule has 2 aromatic rings. The van der Waals surface area contributed by atoms with Crippen LogP contribution in [0.5, 0.6) is 5.75 Å². The summed E-state index contributed by atoms with van der Waals surface area (Å²) in [5, 5.41) is 17.4. The number of nitrogens with zero attached hydrogens (tertiary/aromatic N) is 4. The highest BCUT2D eigenvalue weighted by Gasteiger charge is 2.33. The largest absolute Gasteiger partial charge is 0.492 e. The van der Waals surface area contributed by atoms with Crippen LogP contribution in [0.2, 0.25) is 0 Å². The van der Waals surface area contributed by atoms with Gasteiger partial charge in [-0.3, -0.25) is 9.69 Å². The van der Waals surface area contributed by atoms with Crippen LogP contribution < -0.4 is 4.74 Å². The van der Waals surface area contributed by atoms with E-state index in [4.69, 9.17) is 4.74 Å². The Kier molecular flexibility index (Phi) is 4.86. The molecule has 1 aliphatic heterocycles. The van der Waals surface area contributed by atoms with E-state index in [2.05, 4.69) is 10.2 Å². The van der Waals surface area contributed by atoms with Crippen molar-refractivity contribution in [1.82, 2.24) is 19.7 Å². The van der Waals surface area contributed by atoms with E-state index >= 15 is 0 Å². The van der Waals surface area contributed by atoms with E-state index in [0.29, 0.717) is 30.5 Å². The van der Waals surface area contributed by atoms with Gasteiger partial charge in [-0.1, -0.05) is 0 Å². The zero-order valence-corrected chi connectivity index (χ0v) is 13.9. The Morgan fingerprint density at radius 3 is 2.62 bits per heavy atom. The van der Waals surface area contributed by atoms with Crippen LogP contribution in [-0.4, -0.2) is 49.9 Å². The summed E-state index contributed by atoms with van der Waals surface area (Å²) in [5.74, 6) is 0.667. The number of carboxylic acid groups (broad SMARTS) is 1. The molecule has 10 heteroatoms. The second kappa shape index (κ2) is 6.94. The Morgan fingerprint density at radius 1 is 1.31 bits per heavy atom. The Bertz CT molecular complexity index is 789. The van der Waals surface area contributed by atoms with Crippen molar-refractivity contribution in [3.8, 4) is 5.75 Å². The quantitative estimate of drug-likeness (QED) is 0.867. The molecule has 0 aliphatic carbocycles. The number of alkyl halides is 3. The molecule has 1 unspecified atom stereocenters. The first-order valence-corrected chi connectivity index (χ1v) is 7.91. The topological polar surface area (TPSA) is 80.5 Å². The minimum Gasteiger partial charge on any atom is -0.492 e. The number of aliphatic carboxylic acids is 1. The number of carbonyl (C=O) groups is 1. The van der Waals surface area contributed by atoms with Crippen molar-refractivity contribution in [2.45, 2.75) is 32.2 Å². The van der Waals surface area contributed by atoms with E-state index in [1.165, 1.54) is 12.1 Å². The van der Waals surface area contributed by atoms with Gasteiger partial charge in [-0.15, -0.1) is 10.2 Å². The molecule has 0 radical (unpaired) electrons. The van der Waals surface area contributed by atoms with E-state index in [0.717, 1.165) is 12.1 Å². The fourth-order valence-electron chi connectivity index (χ4n) is 2.85. The van der Waals surface area contributed by atoms with Gasteiger partial charge >= 0.3 is 12.1 Å². The van der Waals surface area contributed by atoms with Gasteiger partial charge in [-0.2, -0.15) is 13.2 Å². The van der Waals surface area contributed by atoms with Crippen molar-refractivity contribution >= 4 is 5.97 Å². The zero-order chi connectivity index (χ0) is 18.9. The van der Waals surface area contributed by atoms with Crippen LogP contribution in [0, 0.1) is 6.92 Å². The molecule has 0 amide bonds. The van der Waals surface area contributed by atoms with Gasteiger partial charge in [-0.25, -0.2) is 0 Å². The molecule has 2 heterocycles. The van der Waals surface area contributed by atoms with Crippen molar-refractivity contribution in [1.29, 1.82) is 0 Å². The van der Waals surface area contributed by atoms with E-state index in [-0.39, 0.29) is 13.2 Å². The Morgan fingerprint density at radius 2 is 2.00 bits per heavy atom. The summed E-state index contributed by atoms with van der Waals surface area (Å²) in [7, 11) is 0. The lowest BCUT2D eigenvalue weighted by atomic mass is 10.2. The average Bonchev–Trinajstić information content (AvgIpc) is 2.94. The van der Waals surface area contributed by atoms with Gasteiger partial charge in [0.25, 0.3) is 0 Å². The maximum absolute atomic E-state index is 12.5. The first-order valence-electron chi connectivity index (χ1n) is 7.91. The van der Waals surface area contributed by atoms with Crippen molar-refractivity contribution in [2.75, 3.05) is 13.2 Å². The predicted octanol–water partition coefficient (Wildman–Crippen LogP) is 1.95. The number of ether oxygens (including phenoxy) is 1. The molecule has 0 spiro atoms. The smallest absolute Gasteiger partial charge is 0.416 e. The monoisotopic (exact) mass is 370 g/mol. The molecular weight excluding hydrogens is 353 g/mol. The second-order valence-electron chi connectivity index (χ2n) is 5.97. The molecule has 1 aromatic carbocycles. The third kappa shape index (κ3) is 3.79. The summed E-state index contributed by atoms with van der Waals surface area (Å²) in [4.78, 5) is 13.2. The molecule has 1 N–H and O–H groups in total. The number of halogens is 3. The summed E-state index contributed by atoms with van der Waals surface area (Å²) < 4.78 is 44.8. The highest BCUT2D eigenvalue weighted by Crippen LogP contribution is 2.30. The molecule has 7 nitrogen and oxygen atoms in total. The molecule has 0 bridgehead atoms. The number of rotatable bonds is 5. The minimum absolute atomic E-state index is 0.141. The third-order valence-corrected chi connectivity index (χ3v) is 4.27. The first kappa shape index (κ1) is 18.2. The lowest BCUT2D eigenvalue weighted by Gasteiger charge is -2.33. The van der Waals surface area contributed by atoms with Crippen LogP contribution in [-0.2, 0) is 24.1 Å². The van der Waals surface area contributed by atoms with E-state index < -0.39 is 23.8 Å². The van der Waals surface area contributed by atoms with Crippen molar-refractivity contribution in [3.63, 3.8) is 0 Å². The second-order valence-corrected chi connectivity index (χ2v) is 5.97. The van der Waals surface area contributed by atoms with Crippen molar-refractivity contribution in [2.24, 2.45) is 0 Å². The molecule has 1 aromatic heterocycles. The van der Waals surface area contributed by atoms with Crippen molar-refractivity contribution < 1.29 is 27.8 Å². The van der Waals surface area contributed by atoms with Crippen LogP contribution in [0.15, 0.2) is 24.3 Å². The van der Waals surface area contributed by atoms with Gasteiger partial charge in [0, 0.05) is 6.54 Å². The van der Waals surface area contributed by atoms with Gasteiger partial charge < -0.3 is 14.4 Å². The number of aromatic nitrogens is 3. The van der Waals surface area contributed by atoms with Crippen LogP contribution in [0.1, 0.15) is 17.2 Å². The summed E-state index contributed by atoms with van der Waals surface area (Å²) in [6.07, 6.45) is -4.39. The van der Waals surface area contributed by atoms with Crippen LogP contribution in [0.3, 0.4) is 0 Å². The molecule has 1 atom stereocenters. The Hall–Kier alpha value is -2.62. The molecule has 140 valence electrons. The fourth-order valence-corrected chi connectivity index (χ4v) is 2.85. The van der Waals surface area contributed by atoms with Gasteiger partial charge in [0.15, 0.2) is 0 Å². The number of hydrogen-bond donors (Lipinski definition) is 1. The molecule has 0 fully saturated rings. The van der Waals surface area contributed by atoms with E-state index in [1.54, 1.807) is 16.4 Å². The first-order chi connectivity index (χ1) is 12.3. The van der Waals surface area contributed by atoms with Gasteiger partial charge in [-0.05, 0) is 31.2 Å². The molecule has 0 saturated heterocycles. The minimum atomic E-state index is -4.39. The van der Waals surface area contributed by atoms with Crippen LogP contribution in [0.25, 0.3) is 0 Å². The summed E-state index contributed by atoms with van der Waals surface area (Å²) in [5.41, 5.74) is -0.749. The highest BCUT2D eigenvalue weighted by atomic mass is 19.4. The van der Waals surface area contributed by atoms with Crippen LogP contribution in [0.4, 0.5) is 13.2 Å². The number of carboxylic acids is 1. The number of hydrogen-bond acceptors (Lipinski definition) is 5. The summed E-state index contributed by atoms with van der Waals surface area (Å²) in [6.45, 7) is 2.75. The molecule has 1 aliphatic rings. The molecule has 3 rings (SSSR count). The Balaban J connectivity index is 1.60. The molecule has 26 heavy (non-hydrogen) atoms. The molecular formula is C16H17F3N4O3. The van der Waals surface area contributed by atoms with Crippen LogP contribution >= 0.6 is 0 Å². The lowest BCUT2D eigenvalue weighted by Crippen LogP contribution is -2.49. The maximum Gasteiger partial charge on any atom is 0.416 e. The lowest BCUT2D eigenvalue weighted by molar-refractivity contribution is -0.145. The zero-order valence-electron chi connectivity index (χ0n) is 13.9. The number of aryl methyl sites for hydroxylation is 1. The number of fused-ring (bicyclic) bond motifs is 1. The Labute approximate surface area is 147 Å². The van der Waals surface area contributed by atoms with Crippen molar-refractivity contribution in [3.05, 3.63) is 41.5 Å². The SMILES string of the molecule is Cc1nnc2n1CC(C(=O)O)N(CCOc1ccc(C(F)(F)F)cc1)C2. The summed E-state index contributed by atoms with van der Waals surface area (Å²) >= 11 is 0. The highest BCUT2D eigenvalue weighted by molar-refractivity contribution is 5.73. The third-order valence-electron chi connectivity index (χ3n) is 4.27. The standard InChI is InChI=1S/C16H17F3N4O3/c1-10-20-21-14-9-22(13(15(24)25)8-23(10)14)6-7-26-12-4-2-11(3-5-12)16(17,18)19/h2-5,13H,6-9H2,1H3,(H,24,25). The predicted molar refractivity (Wildman–Crippen MR) is 83.5 cm³/mol. The number of benzene rings is 1. The van der Waals surface area contributed by atoms with Gasteiger partial charge in [0.1, 0.15) is 30.0 Å². The average molecular weight is 370 g/mol.